The first kappa shape index (κ1) is 17.6. The number of carbonyl (C=O) groups is 1. The first-order valence-corrected chi connectivity index (χ1v) is 9.18. The van der Waals surface area contributed by atoms with Gasteiger partial charge in [-0.15, -0.1) is 0 Å². The van der Waals surface area contributed by atoms with Crippen LogP contribution in [0.5, 0.6) is 11.5 Å². The summed E-state index contributed by atoms with van der Waals surface area (Å²) in [5, 5.41) is 42.9. The van der Waals surface area contributed by atoms with Gasteiger partial charge in [-0.1, -0.05) is 27.7 Å². The summed E-state index contributed by atoms with van der Waals surface area (Å²) in [6, 6.07) is 1.67. The Morgan fingerprint density at radius 2 is 1.81 bits per heavy atom. The highest BCUT2D eigenvalue weighted by atomic mass is 16.6. The fourth-order valence-corrected chi connectivity index (χ4v) is 5.83. The van der Waals surface area contributed by atoms with E-state index >= 15 is 0 Å². The molecule has 2 aliphatic carbocycles. The van der Waals surface area contributed by atoms with Crippen LogP contribution in [0.25, 0.3) is 0 Å². The molecule has 0 radical (unpaired) electrons. The maximum Gasteiger partial charge on any atom is 0.317 e. The normalized spacial score (nSPS) is 37.3. The van der Waals surface area contributed by atoms with Crippen LogP contribution in [0.2, 0.25) is 0 Å². The number of aliphatic hydroxyl groups is 2. The smallest absolute Gasteiger partial charge is 0.317 e. The van der Waals surface area contributed by atoms with E-state index in [1.807, 2.05) is 27.7 Å². The number of ether oxygens (including phenoxy) is 1. The van der Waals surface area contributed by atoms with Gasteiger partial charge in [0.25, 0.3) is 0 Å². The van der Waals surface area contributed by atoms with Gasteiger partial charge < -0.3 is 25.2 Å². The van der Waals surface area contributed by atoms with Crippen LogP contribution in [0.3, 0.4) is 0 Å². The van der Waals surface area contributed by atoms with Gasteiger partial charge in [0, 0.05) is 17.0 Å². The summed E-state index contributed by atoms with van der Waals surface area (Å²) in [6.45, 7) is 7.64. The van der Waals surface area contributed by atoms with E-state index in [0.29, 0.717) is 17.5 Å². The van der Waals surface area contributed by atoms with Crippen molar-refractivity contribution < 1.29 is 30.0 Å². The predicted molar refractivity (Wildman–Crippen MR) is 92.9 cm³/mol. The molecule has 1 saturated carbocycles. The van der Waals surface area contributed by atoms with Crippen LogP contribution in [-0.4, -0.2) is 38.6 Å². The molecule has 1 aromatic carbocycles. The van der Waals surface area contributed by atoms with Crippen LogP contribution >= 0.6 is 0 Å². The summed E-state index contributed by atoms with van der Waals surface area (Å²) >= 11 is 0. The SMILES string of the molecule is CC(C)c1cc2c(c(O)c1O)C13CC(O)CC(C)(C)C1C(OC3=O)C2O. The first-order chi connectivity index (χ1) is 12.0. The van der Waals surface area contributed by atoms with Crippen molar-refractivity contribution >= 4 is 5.97 Å². The molecule has 0 spiro atoms. The monoisotopic (exact) mass is 362 g/mol. The molecule has 26 heavy (non-hydrogen) atoms. The molecular weight excluding hydrogens is 336 g/mol. The Morgan fingerprint density at radius 1 is 1.15 bits per heavy atom. The predicted octanol–water partition coefficient (Wildman–Crippen LogP) is 2.23. The summed E-state index contributed by atoms with van der Waals surface area (Å²) in [5.41, 5.74) is -0.579. The third kappa shape index (κ3) is 1.92. The minimum absolute atomic E-state index is 0.0729. The van der Waals surface area contributed by atoms with Crippen LogP contribution in [0.1, 0.15) is 69.2 Å². The van der Waals surface area contributed by atoms with E-state index in [-0.39, 0.29) is 35.3 Å². The van der Waals surface area contributed by atoms with Crippen LogP contribution in [0.4, 0.5) is 0 Å². The molecule has 5 unspecified atom stereocenters. The fraction of sp³-hybridized carbons (Fsp3) is 0.650. The molecule has 1 aromatic rings. The number of phenols is 2. The minimum atomic E-state index is -1.25. The van der Waals surface area contributed by atoms with E-state index in [2.05, 4.69) is 0 Å². The highest BCUT2D eigenvalue weighted by molar-refractivity contribution is 5.90. The topological polar surface area (TPSA) is 107 Å². The van der Waals surface area contributed by atoms with E-state index in [0.717, 1.165) is 0 Å². The molecule has 0 aromatic heterocycles. The van der Waals surface area contributed by atoms with Crippen LogP contribution < -0.4 is 0 Å². The van der Waals surface area contributed by atoms with E-state index in [1.54, 1.807) is 6.07 Å². The van der Waals surface area contributed by atoms with Crippen molar-refractivity contribution in [1.29, 1.82) is 0 Å². The summed E-state index contributed by atoms with van der Waals surface area (Å²) in [7, 11) is 0. The number of rotatable bonds is 1. The van der Waals surface area contributed by atoms with Crippen LogP contribution in [0.15, 0.2) is 6.07 Å². The zero-order chi connectivity index (χ0) is 19.2. The minimum Gasteiger partial charge on any atom is -0.504 e. The Morgan fingerprint density at radius 3 is 2.42 bits per heavy atom. The van der Waals surface area contributed by atoms with Crippen molar-refractivity contribution in [3.63, 3.8) is 0 Å². The third-order valence-corrected chi connectivity index (χ3v) is 6.66. The number of hydrogen-bond donors (Lipinski definition) is 4. The Bertz CT molecular complexity index is 798. The zero-order valence-corrected chi connectivity index (χ0v) is 15.5. The molecule has 3 aliphatic rings. The molecule has 1 aliphatic heterocycles. The number of benzene rings is 1. The largest absolute Gasteiger partial charge is 0.504 e. The molecule has 2 fully saturated rings. The summed E-state index contributed by atoms with van der Waals surface area (Å²) in [6.07, 6.45) is -1.94. The standard InChI is InChI=1S/C20H26O6/c1-8(2)10-5-11-12(15(24)13(10)22)20-7-9(21)6-19(3,4)17(20)16(14(11)23)26-18(20)25/h5,8-9,14,16-17,21-24H,6-7H2,1-4H3. The van der Waals surface area contributed by atoms with Gasteiger partial charge in [0.15, 0.2) is 11.5 Å². The molecule has 0 amide bonds. The Balaban J connectivity index is 2.07. The summed E-state index contributed by atoms with van der Waals surface area (Å²) in [4.78, 5) is 13.0. The van der Waals surface area contributed by atoms with Gasteiger partial charge in [-0.25, -0.2) is 0 Å². The Kier molecular flexibility index (Phi) is 3.48. The van der Waals surface area contributed by atoms with E-state index in [4.69, 9.17) is 4.74 Å². The van der Waals surface area contributed by atoms with Crippen molar-refractivity contribution in [2.45, 2.75) is 70.2 Å². The lowest BCUT2D eigenvalue weighted by molar-refractivity contribution is -0.148. The molecule has 5 atom stereocenters. The lowest BCUT2D eigenvalue weighted by Crippen LogP contribution is -2.57. The van der Waals surface area contributed by atoms with Gasteiger partial charge in [-0.2, -0.15) is 0 Å². The molecule has 4 N–H and O–H groups in total. The molecule has 6 nitrogen and oxygen atoms in total. The second-order valence-corrected chi connectivity index (χ2v) is 9.10. The fourth-order valence-electron chi connectivity index (χ4n) is 5.83. The van der Waals surface area contributed by atoms with E-state index in [1.165, 1.54) is 0 Å². The quantitative estimate of drug-likeness (QED) is 0.451. The van der Waals surface area contributed by atoms with Crippen molar-refractivity contribution in [3.8, 4) is 11.5 Å². The van der Waals surface area contributed by atoms with Gasteiger partial charge in [0.05, 0.1) is 6.10 Å². The van der Waals surface area contributed by atoms with Gasteiger partial charge in [0.1, 0.15) is 17.6 Å². The summed E-state index contributed by atoms with van der Waals surface area (Å²) < 4.78 is 5.60. The van der Waals surface area contributed by atoms with Gasteiger partial charge in [-0.3, -0.25) is 4.79 Å². The maximum absolute atomic E-state index is 13.0. The maximum atomic E-state index is 13.0. The van der Waals surface area contributed by atoms with Gasteiger partial charge in [-0.05, 0) is 35.8 Å². The molecule has 6 heteroatoms. The van der Waals surface area contributed by atoms with Crippen molar-refractivity contribution in [3.05, 3.63) is 22.8 Å². The average Bonchev–Trinajstić information content (AvgIpc) is 2.77. The number of esters is 1. The Hall–Kier alpha value is -1.79. The second kappa shape index (κ2) is 5.14. The number of carbonyl (C=O) groups excluding carboxylic acids is 1. The first-order valence-electron chi connectivity index (χ1n) is 9.18. The van der Waals surface area contributed by atoms with Crippen molar-refractivity contribution in [1.82, 2.24) is 0 Å². The molecular formula is C20H26O6. The second-order valence-electron chi connectivity index (χ2n) is 9.10. The van der Waals surface area contributed by atoms with Crippen molar-refractivity contribution in [2.75, 3.05) is 0 Å². The lowest BCUT2D eigenvalue weighted by atomic mass is 9.49. The number of aromatic hydroxyl groups is 2. The average molecular weight is 362 g/mol. The van der Waals surface area contributed by atoms with Gasteiger partial charge in [0.2, 0.25) is 0 Å². The van der Waals surface area contributed by atoms with Crippen LogP contribution in [-0.2, 0) is 14.9 Å². The number of aliphatic hydroxyl groups excluding tert-OH is 2. The molecule has 1 heterocycles. The van der Waals surface area contributed by atoms with E-state index in [9.17, 15) is 25.2 Å². The number of fused-ring (bicyclic) bond motifs is 1. The highest BCUT2D eigenvalue weighted by Gasteiger charge is 2.71. The summed E-state index contributed by atoms with van der Waals surface area (Å²) in [5.74, 6) is -1.64. The molecule has 1 saturated heterocycles. The van der Waals surface area contributed by atoms with E-state index < -0.39 is 35.1 Å². The third-order valence-electron chi connectivity index (χ3n) is 6.66. The molecule has 4 rings (SSSR count). The van der Waals surface area contributed by atoms with Crippen LogP contribution in [0, 0.1) is 11.3 Å². The zero-order valence-electron chi connectivity index (χ0n) is 15.5. The highest BCUT2D eigenvalue weighted by Crippen LogP contribution is 2.66. The van der Waals surface area contributed by atoms with Gasteiger partial charge >= 0.3 is 5.97 Å². The number of hydrogen-bond acceptors (Lipinski definition) is 6. The molecule has 142 valence electrons. The lowest BCUT2D eigenvalue weighted by Gasteiger charge is -2.52. The Labute approximate surface area is 152 Å². The molecule has 2 bridgehead atoms. The van der Waals surface area contributed by atoms with Crippen molar-refractivity contribution in [2.24, 2.45) is 11.3 Å². The number of phenolic OH excluding ortho intramolecular Hbond substituents is 2.